The lowest BCUT2D eigenvalue weighted by Gasteiger charge is -2.37. The molecule has 0 saturated carbocycles. The van der Waals surface area contributed by atoms with Gasteiger partial charge in [0.2, 0.25) is 0 Å². The Morgan fingerprint density at radius 3 is 2.41 bits per heavy atom. The van der Waals surface area contributed by atoms with Crippen molar-refractivity contribution in [3.8, 4) is 0 Å². The highest BCUT2D eigenvalue weighted by atomic mass is 16.5. The second-order valence-electron chi connectivity index (χ2n) is 6.51. The molecule has 120 valence electrons. The molecule has 0 spiro atoms. The Morgan fingerprint density at radius 1 is 1.05 bits per heavy atom. The molecule has 2 saturated heterocycles. The van der Waals surface area contributed by atoms with Gasteiger partial charge < -0.3 is 4.74 Å². The van der Waals surface area contributed by atoms with Crippen molar-refractivity contribution in [2.45, 2.75) is 25.8 Å². The van der Waals surface area contributed by atoms with Crippen LogP contribution in [-0.4, -0.2) is 61.8 Å². The number of hydrogen-bond acceptors (Lipinski definition) is 3. The molecule has 2 fully saturated rings. The number of hydrogen-bond donors (Lipinski definition) is 0. The number of morpholine rings is 1. The molecule has 0 bridgehead atoms. The fourth-order valence-corrected chi connectivity index (χ4v) is 3.45. The second-order valence-corrected chi connectivity index (χ2v) is 6.51. The molecule has 0 unspecified atom stereocenters. The summed E-state index contributed by atoms with van der Waals surface area (Å²) in [5.74, 6) is 0. The molecule has 2 aliphatic rings. The predicted molar refractivity (Wildman–Crippen MR) is 91.9 cm³/mol. The average molecular weight is 300 g/mol. The summed E-state index contributed by atoms with van der Waals surface area (Å²) in [6.45, 7) is 9.94. The van der Waals surface area contributed by atoms with Crippen LogP contribution in [0.5, 0.6) is 0 Å². The molecule has 2 aliphatic heterocycles. The lowest BCUT2D eigenvalue weighted by molar-refractivity contribution is 0.0237. The molecule has 1 atom stereocenters. The summed E-state index contributed by atoms with van der Waals surface area (Å²) < 4.78 is 5.43. The minimum Gasteiger partial charge on any atom is -0.379 e. The highest BCUT2D eigenvalue weighted by Gasteiger charge is 2.21. The zero-order valence-corrected chi connectivity index (χ0v) is 13.7. The van der Waals surface area contributed by atoms with Crippen LogP contribution in [0.15, 0.2) is 35.9 Å². The lowest BCUT2D eigenvalue weighted by atomic mass is 9.99. The van der Waals surface area contributed by atoms with E-state index in [1.165, 1.54) is 38.0 Å². The van der Waals surface area contributed by atoms with Gasteiger partial charge >= 0.3 is 0 Å². The molecule has 22 heavy (non-hydrogen) atoms. The first-order valence-corrected chi connectivity index (χ1v) is 8.60. The highest BCUT2D eigenvalue weighted by molar-refractivity contribution is 5.52. The Morgan fingerprint density at radius 2 is 1.73 bits per heavy atom. The van der Waals surface area contributed by atoms with Crippen molar-refractivity contribution in [3.05, 3.63) is 41.5 Å². The summed E-state index contributed by atoms with van der Waals surface area (Å²) in [5.41, 5.74) is 2.94. The molecule has 1 aromatic rings. The average Bonchev–Trinajstić information content (AvgIpc) is 2.57. The Labute approximate surface area is 134 Å². The van der Waals surface area contributed by atoms with Crippen LogP contribution in [0.25, 0.3) is 6.08 Å². The van der Waals surface area contributed by atoms with Gasteiger partial charge in [0.1, 0.15) is 0 Å². The van der Waals surface area contributed by atoms with E-state index in [1.807, 2.05) is 0 Å². The van der Waals surface area contributed by atoms with Crippen molar-refractivity contribution in [1.82, 2.24) is 9.80 Å². The third-order valence-corrected chi connectivity index (χ3v) is 4.86. The molecule has 0 radical (unpaired) electrons. The van der Waals surface area contributed by atoms with Crippen molar-refractivity contribution >= 4 is 6.08 Å². The van der Waals surface area contributed by atoms with Crippen LogP contribution in [0.1, 0.15) is 25.3 Å². The normalized spacial score (nSPS) is 22.5. The zero-order chi connectivity index (χ0) is 15.2. The van der Waals surface area contributed by atoms with Gasteiger partial charge in [0.05, 0.1) is 13.2 Å². The molecule has 0 aliphatic carbocycles. The number of piperidine rings is 1. The summed E-state index contributed by atoms with van der Waals surface area (Å²) in [7, 11) is 0. The van der Waals surface area contributed by atoms with Crippen molar-refractivity contribution in [2.24, 2.45) is 0 Å². The predicted octanol–water partition coefficient (Wildman–Crippen LogP) is 2.89. The molecule has 0 amide bonds. The SMILES string of the molecule is C[C@@H](CN1CCOCC1)N1CCC(=Cc2ccccc2)CC1. The van der Waals surface area contributed by atoms with Crippen LogP contribution in [-0.2, 0) is 4.74 Å². The first kappa shape index (κ1) is 15.7. The summed E-state index contributed by atoms with van der Waals surface area (Å²) in [6, 6.07) is 11.4. The molecule has 0 N–H and O–H groups in total. The number of ether oxygens (including phenoxy) is 1. The number of rotatable bonds is 4. The standard InChI is InChI=1S/C19H28N2O/c1-17(16-20-11-13-22-14-12-20)21-9-7-19(8-10-21)15-18-5-3-2-4-6-18/h2-6,15,17H,7-14,16H2,1H3/t17-/m0/s1. The molecule has 3 nitrogen and oxygen atoms in total. The third kappa shape index (κ3) is 4.42. The van der Waals surface area contributed by atoms with E-state index in [4.69, 9.17) is 4.74 Å². The van der Waals surface area contributed by atoms with E-state index in [2.05, 4.69) is 53.1 Å². The maximum atomic E-state index is 5.43. The van der Waals surface area contributed by atoms with Gasteiger partial charge in [-0.05, 0) is 25.3 Å². The largest absolute Gasteiger partial charge is 0.379 e. The fraction of sp³-hybridized carbons (Fsp3) is 0.579. The van der Waals surface area contributed by atoms with Gasteiger partial charge in [-0.25, -0.2) is 0 Å². The maximum absolute atomic E-state index is 5.43. The fourth-order valence-electron chi connectivity index (χ4n) is 3.45. The van der Waals surface area contributed by atoms with Crippen molar-refractivity contribution in [1.29, 1.82) is 0 Å². The van der Waals surface area contributed by atoms with Crippen molar-refractivity contribution in [2.75, 3.05) is 45.9 Å². The Bertz CT molecular complexity index is 469. The number of benzene rings is 1. The van der Waals surface area contributed by atoms with E-state index in [0.717, 1.165) is 26.3 Å². The third-order valence-electron chi connectivity index (χ3n) is 4.86. The van der Waals surface area contributed by atoms with Crippen LogP contribution in [0.3, 0.4) is 0 Å². The van der Waals surface area contributed by atoms with Gasteiger partial charge in [0.25, 0.3) is 0 Å². The van der Waals surface area contributed by atoms with Gasteiger partial charge in [-0.2, -0.15) is 0 Å². The minimum absolute atomic E-state index is 0.649. The van der Waals surface area contributed by atoms with Crippen molar-refractivity contribution in [3.63, 3.8) is 0 Å². The van der Waals surface area contributed by atoms with E-state index in [-0.39, 0.29) is 0 Å². The molecule has 2 heterocycles. The maximum Gasteiger partial charge on any atom is 0.0594 e. The summed E-state index contributed by atoms with van der Waals surface area (Å²) in [6.07, 6.45) is 4.80. The van der Waals surface area contributed by atoms with E-state index in [0.29, 0.717) is 6.04 Å². The van der Waals surface area contributed by atoms with Crippen LogP contribution >= 0.6 is 0 Å². The first-order valence-electron chi connectivity index (χ1n) is 8.60. The van der Waals surface area contributed by atoms with Crippen molar-refractivity contribution < 1.29 is 4.74 Å². The van der Waals surface area contributed by atoms with Gasteiger partial charge in [0, 0.05) is 38.8 Å². The van der Waals surface area contributed by atoms with E-state index >= 15 is 0 Å². The quantitative estimate of drug-likeness (QED) is 0.850. The Kier molecular flexibility index (Phi) is 5.65. The second kappa shape index (κ2) is 7.91. The molecule has 1 aromatic carbocycles. The van der Waals surface area contributed by atoms with E-state index < -0.39 is 0 Å². The summed E-state index contributed by atoms with van der Waals surface area (Å²) in [5, 5.41) is 0. The number of nitrogens with zero attached hydrogens (tertiary/aromatic N) is 2. The molecule has 3 rings (SSSR count). The molecule has 0 aromatic heterocycles. The smallest absolute Gasteiger partial charge is 0.0594 e. The lowest BCUT2D eigenvalue weighted by Crippen LogP contribution is -2.47. The zero-order valence-electron chi connectivity index (χ0n) is 13.7. The summed E-state index contributed by atoms with van der Waals surface area (Å²) >= 11 is 0. The van der Waals surface area contributed by atoms with E-state index in [9.17, 15) is 0 Å². The van der Waals surface area contributed by atoms with Crippen LogP contribution in [0.2, 0.25) is 0 Å². The molecular formula is C19H28N2O. The van der Waals surface area contributed by atoms with Crippen LogP contribution in [0, 0.1) is 0 Å². The highest BCUT2D eigenvalue weighted by Crippen LogP contribution is 2.21. The van der Waals surface area contributed by atoms with Gasteiger partial charge in [-0.3, -0.25) is 9.80 Å². The van der Waals surface area contributed by atoms with Crippen LogP contribution < -0.4 is 0 Å². The Balaban J connectivity index is 1.47. The van der Waals surface area contributed by atoms with Gasteiger partial charge in [0.15, 0.2) is 0 Å². The first-order chi connectivity index (χ1) is 10.8. The van der Waals surface area contributed by atoms with Crippen LogP contribution in [0.4, 0.5) is 0 Å². The van der Waals surface area contributed by atoms with Gasteiger partial charge in [-0.15, -0.1) is 0 Å². The Hall–Kier alpha value is -1.16. The topological polar surface area (TPSA) is 15.7 Å². The minimum atomic E-state index is 0.649. The molecule has 3 heteroatoms. The van der Waals surface area contributed by atoms with Gasteiger partial charge in [-0.1, -0.05) is 42.0 Å². The monoisotopic (exact) mass is 300 g/mol. The summed E-state index contributed by atoms with van der Waals surface area (Å²) in [4.78, 5) is 5.20. The number of likely N-dealkylation sites (tertiary alicyclic amines) is 1. The van der Waals surface area contributed by atoms with E-state index in [1.54, 1.807) is 5.57 Å². The molecular weight excluding hydrogens is 272 g/mol.